The van der Waals surface area contributed by atoms with Gasteiger partial charge in [0.25, 0.3) is 0 Å². The van der Waals surface area contributed by atoms with Crippen LogP contribution >= 0.6 is 0 Å². The second kappa shape index (κ2) is 5.48. The Hall–Kier alpha value is -2.88. The Kier molecular flexibility index (Phi) is 3.51. The van der Waals surface area contributed by atoms with Crippen molar-refractivity contribution in [1.82, 2.24) is 9.55 Å². The summed E-state index contributed by atoms with van der Waals surface area (Å²) in [6.45, 7) is 5.77. The normalized spacial score (nSPS) is 10.6. The Labute approximate surface area is 128 Å². The number of rotatable bonds is 4. The van der Waals surface area contributed by atoms with Crippen LogP contribution in [0.2, 0.25) is 0 Å². The first-order valence-corrected chi connectivity index (χ1v) is 6.94. The number of nitrogens with zero attached hydrogens (tertiary/aromatic N) is 2. The highest BCUT2D eigenvalue weighted by Crippen LogP contribution is 2.23. The molecule has 0 bridgehead atoms. The lowest BCUT2D eigenvalue weighted by Gasteiger charge is -2.03. The third-order valence-electron chi connectivity index (χ3n) is 3.60. The summed E-state index contributed by atoms with van der Waals surface area (Å²) in [7, 11) is 1.60. The van der Waals surface area contributed by atoms with Crippen LogP contribution in [0.5, 0.6) is 5.75 Å². The van der Waals surface area contributed by atoms with E-state index in [2.05, 4.69) is 11.6 Å². The van der Waals surface area contributed by atoms with Gasteiger partial charge in [0.2, 0.25) is 5.78 Å². The van der Waals surface area contributed by atoms with Gasteiger partial charge in [-0.05, 0) is 19.1 Å². The molecule has 0 aliphatic rings. The summed E-state index contributed by atoms with van der Waals surface area (Å²) in [5, 5.41) is 0. The van der Waals surface area contributed by atoms with Crippen LogP contribution in [0.15, 0.2) is 49.0 Å². The van der Waals surface area contributed by atoms with Gasteiger partial charge in [-0.2, -0.15) is 0 Å². The van der Waals surface area contributed by atoms with E-state index >= 15 is 0 Å². The predicted octanol–water partition coefficient (Wildman–Crippen LogP) is 3.68. The van der Waals surface area contributed by atoms with Crippen molar-refractivity contribution in [2.45, 2.75) is 6.92 Å². The van der Waals surface area contributed by atoms with Crippen molar-refractivity contribution in [1.29, 1.82) is 0 Å². The molecule has 3 rings (SSSR count). The maximum absolute atomic E-state index is 12.7. The van der Waals surface area contributed by atoms with Crippen molar-refractivity contribution < 1.29 is 9.53 Å². The van der Waals surface area contributed by atoms with Gasteiger partial charge in [-0.25, -0.2) is 4.98 Å². The van der Waals surface area contributed by atoms with Crippen molar-refractivity contribution in [3.05, 3.63) is 66.0 Å². The van der Waals surface area contributed by atoms with Crippen LogP contribution in [-0.2, 0) is 0 Å². The van der Waals surface area contributed by atoms with Gasteiger partial charge in [0.1, 0.15) is 5.75 Å². The van der Waals surface area contributed by atoms with E-state index in [0.717, 1.165) is 11.1 Å². The van der Waals surface area contributed by atoms with Crippen molar-refractivity contribution in [3.8, 4) is 5.75 Å². The van der Waals surface area contributed by atoms with Crippen LogP contribution in [0.4, 0.5) is 0 Å². The quantitative estimate of drug-likeness (QED) is 0.689. The van der Waals surface area contributed by atoms with E-state index in [4.69, 9.17) is 4.74 Å². The largest absolute Gasteiger partial charge is 0.497 e. The lowest BCUT2D eigenvalue weighted by molar-refractivity contribution is 0.102. The molecule has 0 aliphatic heterocycles. The Morgan fingerprint density at radius 1 is 1.23 bits per heavy atom. The van der Waals surface area contributed by atoms with E-state index < -0.39 is 0 Å². The van der Waals surface area contributed by atoms with Gasteiger partial charge < -0.3 is 4.74 Å². The molecule has 22 heavy (non-hydrogen) atoms. The number of aromatic nitrogens is 2. The fourth-order valence-corrected chi connectivity index (χ4v) is 2.38. The summed E-state index contributed by atoms with van der Waals surface area (Å²) in [6, 6.07) is 13.0. The summed E-state index contributed by atoms with van der Waals surface area (Å²) in [4.78, 5) is 17.2. The van der Waals surface area contributed by atoms with E-state index in [0.29, 0.717) is 22.7 Å². The molecule has 0 atom stereocenters. The number of carbonyl (C=O) groups excluding carboxylic acids is 1. The maximum Gasteiger partial charge on any atom is 0.228 e. The number of methoxy groups -OCH3 is 1. The predicted molar refractivity (Wildman–Crippen MR) is 87.3 cm³/mol. The summed E-state index contributed by atoms with van der Waals surface area (Å²) < 4.78 is 6.91. The number of carbonyl (C=O) groups is 1. The minimum absolute atomic E-state index is 0.130. The number of ketones is 1. The van der Waals surface area contributed by atoms with Crippen LogP contribution in [0.1, 0.15) is 21.7 Å². The van der Waals surface area contributed by atoms with Gasteiger partial charge in [0.15, 0.2) is 5.82 Å². The third kappa shape index (κ3) is 2.29. The van der Waals surface area contributed by atoms with Gasteiger partial charge in [0, 0.05) is 17.8 Å². The molecule has 0 aliphatic carbocycles. The Morgan fingerprint density at radius 3 is 2.59 bits per heavy atom. The number of benzene rings is 2. The van der Waals surface area contributed by atoms with Gasteiger partial charge in [-0.3, -0.25) is 9.36 Å². The highest BCUT2D eigenvalue weighted by Gasteiger charge is 2.18. The van der Waals surface area contributed by atoms with Crippen LogP contribution in [0, 0.1) is 6.92 Å². The van der Waals surface area contributed by atoms with Crippen LogP contribution in [0.3, 0.4) is 0 Å². The molecule has 0 fully saturated rings. The lowest BCUT2D eigenvalue weighted by Crippen LogP contribution is -2.08. The molecule has 1 heterocycles. The number of hydrogen-bond donors (Lipinski definition) is 0. The topological polar surface area (TPSA) is 44.1 Å². The molecule has 1 aromatic heterocycles. The molecule has 4 nitrogen and oxygen atoms in total. The molecule has 0 spiro atoms. The second-order valence-corrected chi connectivity index (χ2v) is 5.04. The Bertz CT molecular complexity index is 861. The Morgan fingerprint density at radius 2 is 1.95 bits per heavy atom. The van der Waals surface area contributed by atoms with Gasteiger partial charge in [-0.15, -0.1) is 0 Å². The molecule has 4 heteroatoms. The molecule has 0 saturated carbocycles. The molecule has 110 valence electrons. The standard InChI is InChI=1S/C18H16N2O2/c1-4-20-16-10-9-14(22-3)11-15(16)19-18(20)17(21)13-7-5-12(2)6-8-13/h4-11H,1H2,2-3H3. The molecule has 0 amide bonds. The number of imidazole rings is 1. The van der Waals surface area contributed by atoms with Crippen molar-refractivity contribution in [3.63, 3.8) is 0 Å². The Balaban J connectivity index is 2.15. The fraction of sp³-hybridized carbons (Fsp3) is 0.111. The van der Waals surface area contributed by atoms with E-state index in [-0.39, 0.29) is 5.78 Å². The summed E-state index contributed by atoms with van der Waals surface area (Å²) in [6.07, 6.45) is 1.60. The smallest absolute Gasteiger partial charge is 0.228 e. The van der Waals surface area contributed by atoms with Gasteiger partial charge in [0.05, 0.1) is 18.1 Å². The summed E-state index contributed by atoms with van der Waals surface area (Å²) >= 11 is 0. The number of ether oxygens (including phenoxy) is 1. The van der Waals surface area contributed by atoms with Crippen LogP contribution in [0.25, 0.3) is 17.2 Å². The zero-order valence-corrected chi connectivity index (χ0v) is 12.5. The SMILES string of the molecule is C=Cn1c(C(=O)c2ccc(C)cc2)nc2cc(OC)ccc21. The van der Waals surface area contributed by atoms with Crippen molar-refractivity contribution in [2.24, 2.45) is 0 Å². The van der Waals surface area contributed by atoms with Gasteiger partial charge >= 0.3 is 0 Å². The molecule has 0 N–H and O–H groups in total. The van der Waals surface area contributed by atoms with E-state index in [9.17, 15) is 4.79 Å². The monoisotopic (exact) mass is 292 g/mol. The van der Waals surface area contributed by atoms with Crippen molar-refractivity contribution in [2.75, 3.05) is 7.11 Å². The highest BCUT2D eigenvalue weighted by molar-refractivity contribution is 6.09. The molecule has 0 unspecified atom stereocenters. The van der Waals surface area contributed by atoms with E-state index in [1.807, 2.05) is 43.3 Å². The fourth-order valence-electron chi connectivity index (χ4n) is 2.38. The second-order valence-electron chi connectivity index (χ2n) is 5.04. The average molecular weight is 292 g/mol. The zero-order chi connectivity index (χ0) is 15.7. The third-order valence-corrected chi connectivity index (χ3v) is 3.60. The molecular formula is C18H16N2O2. The maximum atomic E-state index is 12.7. The molecule has 3 aromatic rings. The first-order chi connectivity index (χ1) is 10.6. The summed E-state index contributed by atoms with van der Waals surface area (Å²) in [5.74, 6) is 0.924. The minimum atomic E-state index is -0.130. The van der Waals surface area contributed by atoms with Gasteiger partial charge in [-0.1, -0.05) is 36.4 Å². The average Bonchev–Trinajstić information content (AvgIpc) is 2.92. The molecule has 0 radical (unpaired) electrons. The van der Waals surface area contributed by atoms with Crippen molar-refractivity contribution >= 4 is 23.0 Å². The molecule has 0 saturated heterocycles. The summed E-state index contributed by atoms with van der Waals surface area (Å²) in [5.41, 5.74) is 3.25. The number of aryl methyl sites for hydroxylation is 1. The molecule has 2 aromatic carbocycles. The van der Waals surface area contributed by atoms with Crippen LogP contribution < -0.4 is 4.74 Å². The zero-order valence-electron chi connectivity index (χ0n) is 12.5. The minimum Gasteiger partial charge on any atom is -0.497 e. The van der Waals surface area contributed by atoms with E-state index in [1.165, 1.54) is 0 Å². The van der Waals surface area contributed by atoms with E-state index in [1.54, 1.807) is 23.9 Å². The highest BCUT2D eigenvalue weighted by atomic mass is 16.5. The first-order valence-electron chi connectivity index (χ1n) is 6.94. The van der Waals surface area contributed by atoms with Crippen LogP contribution in [-0.4, -0.2) is 22.4 Å². The number of fused-ring (bicyclic) bond motifs is 1. The molecular weight excluding hydrogens is 276 g/mol. The first kappa shape index (κ1) is 14.1. The lowest BCUT2D eigenvalue weighted by atomic mass is 10.1. The number of hydrogen-bond acceptors (Lipinski definition) is 3.